The minimum atomic E-state index is -0.241. The number of hydrogen-bond donors (Lipinski definition) is 1. The van der Waals surface area contributed by atoms with Gasteiger partial charge < -0.3 is 19.7 Å². The van der Waals surface area contributed by atoms with Crippen LogP contribution in [0.15, 0.2) is 30.6 Å². The van der Waals surface area contributed by atoms with Crippen molar-refractivity contribution in [2.45, 2.75) is 19.8 Å². The Bertz CT molecular complexity index is 788. The molecule has 130 valence electrons. The molecule has 0 spiro atoms. The Kier molecular flexibility index (Phi) is 4.13. The van der Waals surface area contributed by atoms with Crippen LogP contribution >= 0.6 is 0 Å². The van der Waals surface area contributed by atoms with Crippen molar-refractivity contribution >= 4 is 17.5 Å². The lowest BCUT2D eigenvalue weighted by molar-refractivity contribution is 0.102. The Labute approximate surface area is 146 Å². The molecule has 1 amide bonds. The number of nitrogens with one attached hydrogen (secondary N) is 1. The average molecular weight is 340 g/mol. The molecular weight excluding hydrogens is 320 g/mol. The molecule has 1 aromatic heterocycles. The van der Waals surface area contributed by atoms with Gasteiger partial charge in [-0.25, -0.2) is 9.97 Å². The number of carbonyl (C=O) groups excluding carboxylic acids is 1. The third kappa shape index (κ3) is 3.35. The molecule has 1 aromatic carbocycles. The van der Waals surface area contributed by atoms with Crippen LogP contribution in [-0.4, -0.2) is 35.8 Å². The predicted octanol–water partition coefficient (Wildman–Crippen LogP) is 2.69. The fourth-order valence-electron chi connectivity index (χ4n) is 3.05. The number of fused-ring (bicyclic) bond motifs is 1. The molecule has 2 aliphatic heterocycles. The van der Waals surface area contributed by atoms with Crippen LogP contribution in [0.3, 0.4) is 0 Å². The molecule has 2 aromatic rings. The first-order valence-corrected chi connectivity index (χ1v) is 8.47. The number of amides is 1. The predicted molar refractivity (Wildman–Crippen MR) is 93.2 cm³/mol. The van der Waals surface area contributed by atoms with Gasteiger partial charge in [-0.1, -0.05) is 6.92 Å². The number of ether oxygens (including phenoxy) is 2. The van der Waals surface area contributed by atoms with E-state index in [0.29, 0.717) is 22.9 Å². The summed E-state index contributed by atoms with van der Waals surface area (Å²) in [5.74, 6) is 3.09. The monoisotopic (exact) mass is 340 g/mol. The summed E-state index contributed by atoms with van der Waals surface area (Å²) in [7, 11) is 0. The van der Waals surface area contributed by atoms with Gasteiger partial charge in [-0.2, -0.15) is 0 Å². The van der Waals surface area contributed by atoms with E-state index in [1.54, 1.807) is 18.2 Å². The van der Waals surface area contributed by atoms with Gasteiger partial charge in [0.25, 0.3) is 5.91 Å². The van der Waals surface area contributed by atoms with Crippen molar-refractivity contribution in [2.75, 3.05) is 30.1 Å². The summed E-state index contributed by atoms with van der Waals surface area (Å²) in [4.78, 5) is 23.2. The third-order valence-corrected chi connectivity index (χ3v) is 4.64. The van der Waals surface area contributed by atoms with E-state index in [0.717, 1.165) is 37.7 Å². The lowest BCUT2D eigenvalue weighted by Crippen LogP contribution is -2.33. The van der Waals surface area contributed by atoms with Crippen LogP contribution < -0.4 is 19.7 Å². The second kappa shape index (κ2) is 6.58. The van der Waals surface area contributed by atoms with Crippen LogP contribution in [-0.2, 0) is 0 Å². The Hall–Kier alpha value is -2.83. The first kappa shape index (κ1) is 15.7. The summed E-state index contributed by atoms with van der Waals surface area (Å²) >= 11 is 0. The van der Waals surface area contributed by atoms with Gasteiger partial charge in [0.15, 0.2) is 11.5 Å². The van der Waals surface area contributed by atoms with Crippen molar-refractivity contribution in [3.63, 3.8) is 0 Å². The van der Waals surface area contributed by atoms with Crippen LogP contribution in [0.4, 0.5) is 11.6 Å². The highest BCUT2D eigenvalue weighted by atomic mass is 16.7. The largest absolute Gasteiger partial charge is 0.454 e. The molecule has 2 aliphatic rings. The van der Waals surface area contributed by atoms with Gasteiger partial charge >= 0.3 is 0 Å². The summed E-state index contributed by atoms with van der Waals surface area (Å²) in [6.07, 6.45) is 3.80. The van der Waals surface area contributed by atoms with Crippen molar-refractivity contribution in [3.05, 3.63) is 36.2 Å². The summed E-state index contributed by atoms with van der Waals surface area (Å²) in [6.45, 7) is 4.42. The Balaban J connectivity index is 1.47. The highest BCUT2D eigenvalue weighted by Crippen LogP contribution is 2.32. The zero-order valence-corrected chi connectivity index (χ0v) is 14.1. The molecule has 0 bridgehead atoms. The first-order chi connectivity index (χ1) is 12.2. The van der Waals surface area contributed by atoms with Gasteiger partial charge in [-0.3, -0.25) is 4.79 Å². The quantitative estimate of drug-likeness (QED) is 0.926. The second-order valence-electron chi connectivity index (χ2n) is 6.45. The number of anilines is 2. The lowest BCUT2D eigenvalue weighted by atomic mass is 9.99. The topological polar surface area (TPSA) is 76.6 Å². The molecule has 4 rings (SSSR count). The van der Waals surface area contributed by atoms with Gasteiger partial charge in [0.2, 0.25) is 6.79 Å². The van der Waals surface area contributed by atoms with Crippen LogP contribution in [0.2, 0.25) is 0 Å². The molecule has 0 aliphatic carbocycles. The molecule has 0 unspecified atom stereocenters. The van der Waals surface area contributed by atoms with Crippen molar-refractivity contribution in [3.8, 4) is 11.5 Å². The maximum atomic E-state index is 12.5. The van der Waals surface area contributed by atoms with Crippen molar-refractivity contribution in [1.82, 2.24) is 9.97 Å². The maximum Gasteiger partial charge on any atom is 0.256 e. The van der Waals surface area contributed by atoms with Crippen molar-refractivity contribution in [2.24, 2.45) is 5.92 Å². The number of aromatic nitrogens is 2. The minimum absolute atomic E-state index is 0.185. The molecule has 1 fully saturated rings. The average Bonchev–Trinajstić information content (AvgIpc) is 3.10. The zero-order valence-electron chi connectivity index (χ0n) is 14.1. The highest BCUT2D eigenvalue weighted by Gasteiger charge is 2.19. The zero-order chi connectivity index (χ0) is 17.2. The molecule has 0 radical (unpaired) electrons. The summed E-state index contributed by atoms with van der Waals surface area (Å²) in [5, 5.41) is 2.82. The second-order valence-corrected chi connectivity index (χ2v) is 6.45. The molecule has 7 nitrogen and oxygen atoms in total. The molecule has 0 atom stereocenters. The number of piperidine rings is 1. The molecular formula is C18H20N4O3. The van der Waals surface area contributed by atoms with E-state index < -0.39 is 0 Å². The van der Waals surface area contributed by atoms with Crippen LogP contribution in [0.1, 0.15) is 30.1 Å². The van der Waals surface area contributed by atoms with Crippen molar-refractivity contribution in [1.29, 1.82) is 0 Å². The number of hydrogen-bond acceptors (Lipinski definition) is 6. The van der Waals surface area contributed by atoms with E-state index in [1.807, 2.05) is 6.07 Å². The number of nitrogens with zero attached hydrogens (tertiary/aromatic N) is 3. The van der Waals surface area contributed by atoms with Gasteiger partial charge in [0, 0.05) is 24.7 Å². The molecule has 25 heavy (non-hydrogen) atoms. The normalized spacial score (nSPS) is 16.8. The lowest BCUT2D eigenvalue weighted by Gasteiger charge is -2.31. The minimum Gasteiger partial charge on any atom is -0.454 e. The Morgan fingerprint density at radius 3 is 2.80 bits per heavy atom. The molecule has 1 saturated heterocycles. The SMILES string of the molecule is CC1CCN(c2cc(NC(=O)c3ccc4c(c3)OCO4)ncn2)CC1. The fraction of sp³-hybridized carbons (Fsp3) is 0.389. The van der Waals surface area contributed by atoms with Gasteiger partial charge in [0.05, 0.1) is 0 Å². The van der Waals surface area contributed by atoms with Crippen LogP contribution in [0, 0.1) is 5.92 Å². The summed E-state index contributed by atoms with van der Waals surface area (Å²) < 4.78 is 10.6. The van der Waals surface area contributed by atoms with E-state index in [1.165, 1.54) is 6.33 Å². The maximum absolute atomic E-state index is 12.5. The van der Waals surface area contributed by atoms with Crippen molar-refractivity contribution < 1.29 is 14.3 Å². The van der Waals surface area contributed by atoms with Gasteiger partial charge in [-0.15, -0.1) is 0 Å². The first-order valence-electron chi connectivity index (χ1n) is 8.47. The van der Waals surface area contributed by atoms with Crippen LogP contribution in [0.5, 0.6) is 11.5 Å². The van der Waals surface area contributed by atoms with Gasteiger partial charge in [0.1, 0.15) is 18.0 Å². The standard InChI is InChI=1S/C18H20N4O3/c1-12-4-6-22(7-5-12)17-9-16(19-10-20-17)21-18(23)13-2-3-14-15(8-13)25-11-24-14/h2-3,8-10,12H,4-7,11H2,1H3,(H,19,20,21,23). The van der Waals surface area contributed by atoms with E-state index in [2.05, 4.69) is 27.1 Å². The molecule has 3 heterocycles. The highest BCUT2D eigenvalue weighted by molar-refractivity contribution is 6.04. The van der Waals surface area contributed by atoms with E-state index in [9.17, 15) is 4.79 Å². The number of carbonyl (C=O) groups is 1. The summed E-state index contributed by atoms with van der Waals surface area (Å²) in [5.41, 5.74) is 0.496. The molecule has 1 N–H and O–H groups in total. The Morgan fingerprint density at radius 2 is 1.96 bits per heavy atom. The van der Waals surface area contributed by atoms with E-state index >= 15 is 0 Å². The smallest absolute Gasteiger partial charge is 0.256 e. The van der Waals surface area contributed by atoms with Crippen LogP contribution in [0.25, 0.3) is 0 Å². The fourth-order valence-corrected chi connectivity index (χ4v) is 3.05. The number of benzene rings is 1. The third-order valence-electron chi connectivity index (χ3n) is 4.64. The summed E-state index contributed by atoms with van der Waals surface area (Å²) in [6, 6.07) is 6.93. The molecule has 7 heteroatoms. The Morgan fingerprint density at radius 1 is 1.16 bits per heavy atom. The van der Waals surface area contributed by atoms with Gasteiger partial charge in [-0.05, 0) is 37.0 Å². The number of rotatable bonds is 3. The van der Waals surface area contributed by atoms with E-state index in [-0.39, 0.29) is 12.7 Å². The van der Waals surface area contributed by atoms with E-state index in [4.69, 9.17) is 9.47 Å². The molecule has 0 saturated carbocycles.